The van der Waals surface area contributed by atoms with Gasteiger partial charge in [0.05, 0.1) is 0 Å². The van der Waals surface area contributed by atoms with Crippen LogP contribution in [0, 0.1) is 6.92 Å². The predicted molar refractivity (Wildman–Crippen MR) is 75.3 cm³/mol. The Kier molecular flexibility index (Phi) is 5.10. The number of hydrogen-bond donors (Lipinski definition) is 1. The topological polar surface area (TPSA) is 50.3 Å². The van der Waals surface area contributed by atoms with Gasteiger partial charge in [-0.05, 0) is 33.4 Å². The first-order chi connectivity index (χ1) is 9.20. The normalized spacial score (nSPS) is 14.9. The number of nitrogens with one attached hydrogen (secondary N) is 1. The van der Waals surface area contributed by atoms with Crippen LogP contribution in [-0.2, 0) is 6.54 Å². The van der Waals surface area contributed by atoms with Crippen LogP contribution < -0.4 is 10.1 Å². The molecule has 1 fully saturated rings. The Morgan fingerprint density at radius 1 is 1.47 bits per heavy atom. The zero-order valence-electron chi connectivity index (χ0n) is 12.1. The third-order valence-corrected chi connectivity index (χ3v) is 3.47. The number of nitrogens with zero attached hydrogens (tertiary/aromatic N) is 3. The number of hydrogen-bond acceptors (Lipinski definition) is 5. The molecular weight excluding hydrogens is 240 g/mol. The lowest BCUT2D eigenvalue weighted by Crippen LogP contribution is -2.26. The van der Waals surface area contributed by atoms with Crippen molar-refractivity contribution in [3.63, 3.8) is 0 Å². The van der Waals surface area contributed by atoms with Gasteiger partial charge in [0, 0.05) is 36.6 Å². The van der Waals surface area contributed by atoms with Crippen LogP contribution in [0.3, 0.4) is 0 Å². The summed E-state index contributed by atoms with van der Waals surface area (Å²) in [6, 6.07) is 1.26. The fourth-order valence-electron chi connectivity index (χ4n) is 1.95. The lowest BCUT2D eigenvalue weighted by atomic mass is 10.2. The summed E-state index contributed by atoms with van der Waals surface area (Å²) in [6.07, 6.45) is 4.50. The van der Waals surface area contributed by atoms with E-state index >= 15 is 0 Å². The summed E-state index contributed by atoms with van der Waals surface area (Å²) in [5, 5.41) is 3.27. The molecule has 0 saturated heterocycles. The van der Waals surface area contributed by atoms with Crippen molar-refractivity contribution in [2.24, 2.45) is 0 Å². The Balaban J connectivity index is 1.78. The molecule has 0 aliphatic heterocycles. The lowest BCUT2D eigenvalue weighted by Gasteiger charge is -2.15. The summed E-state index contributed by atoms with van der Waals surface area (Å²) < 4.78 is 5.61. The van der Waals surface area contributed by atoms with Crippen molar-refractivity contribution in [2.75, 3.05) is 26.7 Å². The summed E-state index contributed by atoms with van der Waals surface area (Å²) in [5.41, 5.74) is 2.12. The minimum atomic E-state index is 0.488. The Labute approximate surface area is 115 Å². The standard InChI is InChI=1S/C14H24N4O/c1-4-15-9-12-10-16-14(17-11(12)2)19-8-7-18(3)13-5-6-13/h10,13,15H,4-9H2,1-3H3. The third kappa shape index (κ3) is 4.44. The Morgan fingerprint density at radius 3 is 2.89 bits per heavy atom. The Morgan fingerprint density at radius 2 is 2.26 bits per heavy atom. The van der Waals surface area contributed by atoms with E-state index in [4.69, 9.17) is 4.74 Å². The molecule has 1 aromatic heterocycles. The van der Waals surface area contributed by atoms with Crippen LogP contribution >= 0.6 is 0 Å². The average molecular weight is 264 g/mol. The molecule has 1 aliphatic carbocycles. The van der Waals surface area contributed by atoms with E-state index in [2.05, 4.69) is 34.2 Å². The minimum absolute atomic E-state index is 0.488. The highest BCUT2D eigenvalue weighted by Crippen LogP contribution is 2.24. The van der Waals surface area contributed by atoms with Crippen molar-refractivity contribution in [3.8, 4) is 6.01 Å². The summed E-state index contributed by atoms with van der Waals surface area (Å²) in [4.78, 5) is 11.0. The van der Waals surface area contributed by atoms with Gasteiger partial charge in [0.25, 0.3) is 0 Å². The van der Waals surface area contributed by atoms with Gasteiger partial charge in [-0.2, -0.15) is 0 Å². The van der Waals surface area contributed by atoms with Gasteiger partial charge < -0.3 is 15.0 Å². The quantitative estimate of drug-likeness (QED) is 0.768. The molecule has 0 spiro atoms. The van der Waals surface area contributed by atoms with Crippen molar-refractivity contribution in [1.29, 1.82) is 0 Å². The molecule has 0 aromatic carbocycles. The molecular formula is C14H24N4O. The lowest BCUT2D eigenvalue weighted by molar-refractivity contribution is 0.220. The van der Waals surface area contributed by atoms with Crippen LogP contribution in [0.15, 0.2) is 6.20 Å². The Hall–Kier alpha value is -1.20. The fraction of sp³-hybridized carbons (Fsp3) is 0.714. The second kappa shape index (κ2) is 6.82. The zero-order chi connectivity index (χ0) is 13.7. The molecule has 0 amide bonds. The van der Waals surface area contributed by atoms with Crippen LogP contribution in [0.5, 0.6) is 6.01 Å². The van der Waals surface area contributed by atoms with Crippen LogP contribution in [0.1, 0.15) is 31.0 Å². The van der Waals surface area contributed by atoms with E-state index in [1.165, 1.54) is 12.8 Å². The molecule has 2 rings (SSSR count). The number of ether oxygens (including phenoxy) is 1. The molecule has 1 aromatic rings. The molecule has 0 bridgehead atoms. The number of likely N-dealkylation sites (N-methyl/N-ethyl adjacent to an activating group) is 1. The monoisotopic (exact) mass is 264 g/mol. The molecule has 106 valence electrons. The molecule has 19 heavy (non-hydrogen) atoms. The zero-order valence-corrected chi connectivity index (χ0v) is 12.1. The largest absolute Gasteiger partial charge is 0.462 e. The highest BCUT2D eigenvalue weighted by atomic mass is 16.5. The van der Waals surface area contributed by atoms with Gasteiger partial charge in [0.15, 0.2) is 0 Å². The van der Waals surface area contributed by atoms with Gasteiger partial charge in [-0.1, -0.05) is 6.92 Å². The van der Waals surface area contributed by atoms with Crippen molar-refractivity contribution >= 4 is 0 Å². The third-order valence-electron chi connectivity index (χ3n) is 3.47. The van der Waals surface area contributed by atoms with E-state index in [1.54, 1.807) is 0 Å². The molecule has 0 radical (unpaired) electrons. The van der Waals surface area contributed by atoms with Gasteiger partial charge in [0.1, 0.15) is 6.61 Å². The SMILES string of the molecule is CCNCc1cnc(OCCN(C)C2CC2)nc1C. The first kappa shape index (κ1) is 14.2. The van der Waals surface area contributed by atoms with E-state index in [-0.39, 0.29) is 0 Å². The van der Waals surface area contributed by atoms with Gasteiger partial charge >= 0.3 is 6.01 Å². The molecule has 0 unspecified atom stereocenters. The number of aromatic nitrogens is 2. The fourth-order valence-corrected chi connectivity index (χ4v) is 1.95. The molecule has 0 atom stereocenters. The highest BCUT2D eigenvalue weighted by Gasteiger charge is 2.25. The summed E-state index contributed by atoms with van der Waals surface area (Å²) in [5.74, 6) is 0. The first-order valence-corrected chi connectivity index (χ1v) is 7.07. The molecule has 1 saturated carbocycles. The van der Waals surface area contributed by atoms with Crippen LogP contribution in [0.25, 0.3) is 0 Å². The van der Waals surface area contributed by atoms with Gasteiger partial charge in [-0.15, -0.1) is 0 Å². The molecule has 5 heteroatoms. The second-order valence-electron chi connectivity index (χ2n) is 5.10. The smallest absolute Gasteiger partial charge is 0.316 e. The maximum absolute atomic E-state index is 5.61. The molecule has 5 nitrogen and oxygen atoms in total. The summed E-state index contributed by atoms with van der Waals surface area (Å²) >= 11 is 0. The van der Waals surface area contributed by atoms with Crippen molar-refractivity contribution in [3.05, 3.63) is 17.5 Å². The van der Waals surface area contributed by atoms with Crippen molar-refractivity contribution in [1.82, 2.24) is 20.2 Å². The van der Waals surface area contributed by atoms with E-state index in [0.29, 0.717) is 12.6 Å². The second-order valence-corrected chi connectivity index (χ2v) is 5.10. The summed E-state index contributed by atoms with van der Waals surface area (Å²) in [7, 11) is 2.15. The Bertz CT molecular complexity index is 406. The van der Waals surface area contributed by atoms with Gasteiger partial charge in [-0.25, -0.2) is 9.97 Å². The highest BCUT2D eigenvalue weighted by molar-refractivity contribution is 5.17. The van der Waals surface area contributed by atoms with E-state index in [1.807, 2.05) is 13.1 Å². The van der Waals surface area contributed by atoms with Gasteiger partial charge in [-0.3, -0.25) is 0 Å². The van der Waals surface area contributed by atoms with Crippen molar-refractivity contribution < 1.29 is 4.74 Å². The minimum Gasteiger partial charge on any atom is -0.462 e. The number of rotatable bonds is 8. The molecule has 1 aliphatic rings. The maximum Gasteiger partial charge on any atom is 0.316 e. The first-order valence-electron chi connectivity index (χ1n) is 7.07. The van der Waals surface area contributed by atoms with Crippen LogP contribution in [0.2, 0.25) is 0 Å². The van der Waals surface area contributed by atoms with Crippen LogP contribution in [0.4, 0.5) is 0 Å². The van der Waals surface area contributed by atoms with E-state index < -0.39 is 0 Å². The van der Waals surface area contributed by atoms with Gasteiger partial charge in [0.2, 0.25) is 0 Å². The van der Waals surface area contributed by atoms with Crippen LogP contribution in [-0.4, -0.2) is 47.7 Å². The molecule has 1 N–H and O–H groups in total. The predicted octanol–water partition coefficient (Wildman–Crippen LogP) is 1.37. The number of aryl methyl sites for hydroxylation is 1. The van der Waals surface area contributed by atoms with E-state index in [0.717, 1.165) is 36.9 Å². The molecule has 1 heterocycles. The van der Waals surface area contributed by atoms with E-state index in [9.17, 15) is 0 Å². The van der Waals surface area contributed by atoms with Crippen molar-refractivity contribution in [2.45, 2.75) is 39.3 Å². The average Bonchev–Trinajstić information content (AvgIpc) is 3.22. The maximum atomic E-state index is 5.61. The summed E-state index contributed by atoms with van der Waals surface area (Å²) in [6.45, 7) is 7.44.